The Morgan fingerprint density at radius 3 is 2.40 bits per heavy atom. The van der Waals surface area contributed by atoms with Crippen LogP contribution in [-0.2, 0) is 27.7 Å². The molecule has 0 aromatic heterocycles. The third-order valence-corrected chi connectivity index (χ3v) is 7.94. The van der Waals surface area contributed by atoms with Gasteiger partial charge in [0.25, 0.3) is 0 Å². The molecule has 0 unspecified atom stereocenters. The average Bonchev–Trinajstić information content (AvgIpc) is 2.75. The zero-order chi connectivity index (χ0) is 21.1. The summed E-state index contributed by atoms with van der Waals surface area (Å²) in [5.41, 5.74) is 4.57. The highest BCUT2D eigenvalue weighted by Gasteiger charge is 2.29. The van der Waals surface area contributed by atoms with E-state index in [-0.39, 0.29) is 12.5 Å². The average molecular weight is 428 g/mol. The molecule has 0 spiro atoms. The number of carbonyl (C=O) groups is 1. The van der Waals surface area contributed by atoms with Crippen LogP contribution in [0.25, 0.3) is 0 Å². The molecule has 7 heteroatoms. The molecular formula is C23H29N3O3S. The van der Waals surface area contributed by atoms with Crippen LogP contribution in [-0.4, -0.2) is 56.3 Å². The molecule has 1 fully saturated rings. The van der Waals surface area contributed by atoms with E-state index in [2.05, 4.69) is 11.4 Å². The van der Waals surface area contributed by atoms with Gasteiger partial charge in [-0.2, -0.15) is 4.31 Å². The summed E-state index contributed by atoms with van der Waals surface area (Å²) in [6.45, 7) is 4.10. The third kappa shape index (κ3) is 4.58. The van der Waals surface area contributed by atoms with Crippen molar-refractivity contribution in [3.63, 3.8) is 0 Å². The molecule has 0 atom stereocenters. The minimum Gasteiger partial charge on any atom is -0.325 e. The second-order valence-corrected chi connectivity index (χ2v) is 10.1. The molecule has 0 radical (unpaired) electrons. The van der Waals surface area contributed by atoms with Crippen LogP contribution in [0.2, 0.25) is 0 Å². The molecule has 160 valence electrons. The molecule has 6 nitrogen and oxygen atoms in total. The topological polar surface area (TPSA) is 69.7 Å². The fourth-order valence-electron chi connectivity index (χ4n) is 4.28. The minimum absolute atomic E-state index is 0.0381. The maximum atomic E-state index is 12.8. The van der Waals surface area contributed by atoms with Gasteiger partial charge in [-0.15, -0.1) is 0 Å². The Morgan fingerprint density at radius 1 is 0.967 bits per heavy atom. The number of carbonyl (C=O) groups excluding carboxylic acids is 1. The van der Waals surface area contributed by atoms with Crippen molar-refractivity contribution >= 4 is 21.6 Å². The number of benzene rings is 2. The highest BCUT2D eigenvalue weighted by molar-refractivity contribution is 7.89. The predicted octanol–water partition coefficient (Wildman–Crippen LogP) is 2.82. The first-order valence-corrected chi connectivity index (χ1v) is 12.1. The number of rotatable bonds is 5. The molecule has 2 aliphatic rings. The molecule has 1 aliphatic heterocycles. The largest absolute Gasteiger partial charge is 0.325 e. The zero-order valence-electron chi connectivity index (χ0n) is 17.4. The quantitative estimate of drug-likeness (QED) is 0.797. The number of fused-ring (bicyclic) bond motifs is 1. The SMILES string of the molecule is Cc1ccc(S(=O)(=O)N2CCN(CC(=O)Nc3cccc4c3CCCC4)CC2)cc1. The van der Waals surface area contributed by atoms with E-state index in [1.54, 1.807) is 12.1 Å². The Morgan fingerprint density at radius 2 is 1.67 bits per heavy atom. The predicted molar refractivity (Wildman–Crippen MR) is 118 cm³/mol. The van der Waals surface area contributed by atoms with Crippen LogP contribution in [0.15, 0.2) is 47.4 Å². The Balaban J connectivity index is 1.33. The number of nitrogens with zero attached hydrogens (tertiary/aromatic N) is 2. The molecule has 0 bridgehead atoms. The minimum atomic E-state index is -3.48. The number of anilines is 1. The monoisotopic (exact) mass is 427 g/mol. The Labute approximate surface area is 178 Å². The fourth-order valence-corrected chi connectivity index (χ4v) is 5.70. The van der Waals surface area contributed by atoms with Gasteiger partial charge in [0.1, 0.15) is 0 Å². The standard InChI is InChI=1S/C23H29N3O3S/c1-18-9-11-20(12-10-18)30(28,29)26-15-13-25(14-16-26)17-23(27)24-22-8-4-6-19-5-2-3-7-21(19)22/h4,6,8-12H,2-3,5,7,13-17H2,1H3,(H,24,27). The van der Waals surface area contributed by atoms with Crippen molar-refractivity contribution < 1.29 is 13.2 Å². The van der Waals surface area contributed by atoms with Crippen LogP contribution in [0, 0.1) is 6.92 Å². The van der Waals surface area contributed by atoms with E-state index >= 15 is 0 Å². The first-order chi connectivity index (χ1) is 14.4. The van der Waals surface area contributed by atoms with Crippen LogP contribution in [0.3, 0.4) is 0 Å². The lowest BCUT2D eigenvalue weighted by Crippen LogP contribution is -2.50. The lowest BCUT2D eigenvalue weighted by atomic mass is 9.90. The molecule has 2 aromatic carbocycles. The summed E-state index contributed by atoms with van der Waals surface area (Å²) in [4.78, 5) is 15.0. The fraction of sp³-hybridized carbons (Fsp3) is 0.435. The number of hydrogen-bond acceptors (Lipinski definition) is 4. The molecule has 1 amide bonds. The maximum absolute atomic E-state index is 12.8. The molecule has 4 rings (SSSR count). The van der Waals surface area contributed by atoms with Gasteiger partial charge < -0.3 is 5.32 Å². The first kappa shape index (κ1) is 21.0. The number of nitrogens with one attached hydrogen (secondary N) is 1. The number of amides is 1. The van der Waals surface area contributed by atoms with Crippen molar-refractivity contribution in [3.8, 4) is 0 Å². The van der Waals surface area contributed by atoms with Crippen molar-refractivity contribution in [1.82, 2.24) is 9.21 Å². The third-order valence-electron chi connectivity index (χ3n) is 6.03. The van der Waals surface area contributed by atoms with Gasteiger partial charge in [-0.1, -0.05) is 29.8 Å². The molecule has 1 N–H and O–H groups in total. The normalized spacial score (nSPS) is 18.0. The van der Waals surface area contributed by atoms with Crippen LogP contribution in [0.4, 0.5) is 5.69 Å². The summed E-state index contributed by atoms with van der Waals surface area (Å²) < 4.78 is 27.2. The van der Waals surface area contributed by atoms with Gasteiger partial charge in [-0.3, -0.25) is 9.69 Å². The van der Waals surface area contributed by atoms with Crippen molar-refractivity contribution in [2.45, 2.75) is 37.5 Å². The summed E-state index contributed by atoms with van der Waals surface area (Å²) in [6, 6.07) is 13.1. The van der Waals surface area contributed by atoms with E-state index < -0.39 is 10.0 Å². The summed E-state index contributed by atoms with van der Waals surface area (Å²) in [7, 11) is -3.48. The van der Waals surface area contributed by atoms with E-state index in [9.17, 15) is 13.2 Å². The van der Waals surface area contributed by atoms with E-state index in [1.165, 1.54) is 21.9 Å². The smallest absolute Gasteiger partial charge is 0.243 e. The van der Waals surface area contributed by atoms with Crippen LogP contribution < -0.4 is 5.32 Å². The lowest BCUT2D eigenvalue weighted by Gasteiger charge is -2.33. The van der Waals surface area contributed by atoms with Crippen molar-refractivity contribution in [1.29, 1.82) is 0 Å². The van der Waals surface area contributed by atoms with Crippen LogP contribution in [0.5, 0.6) is 0 Å². The number of sulfonamides is 1. The molecule has 1 aliphatic carbocycles. The molecule has 1 heterocycles. The van der Waals surface area contributed by atoms with Gasteiger partial charge in [0.2, 0.25) is 15.9 Å². The van der Waals surface area contributed by atoms with E-state index in [4.69, 9.17) is 0 Å². The van der Waals surface area contributed by atoms with Gasteiger partial charge in [-0.25, -0.2) is 8.42 Å². The second kappa shape index (κ2) is 8.88. The van der Waals surface area contributed by atoms with Gasteiger partial charge >= 0.3 is 0 Å². The summed E-state index contributed by atoms with van der Waals surface area (Å²) >= 11 is 0. The summed E-state index contributed by atoms with van der Waals surface area (Å²) in [5.74, 6) is -0.0381. The van der Waals surface area contributed by atoms with Gasteiger partial charge in [0.05, 0.1) is 11.4 Å². The van der Waals surface area contributed by atoms with E-state index in [1.807, 2.05) is 36.1 Å². The second-order valence-electron chi connectivity index (χ2n) is 8.19. The number of hydrogen-bond donors (Lipinski definition) is 1. The van der Waals surface area contributed by atoms with Crippen molar-refractivity contribution in [3.05, 3.63) is 59.2 Å². The van der Waals surface area contributed by atoms with Crippen molar-refractivity contribution in [2.24, 2.45) is 0 Å². The first-order valence-electron chi connectivity index (χ1n) is 10.6. The Hall–Kier alpha value is -2.22. The molecule has 0 saturated carbocycles. The molecule has 2 aromatic rings. The Kier molecular flexibility index (Phi) is 6.22. The molecular weight excluding hydrogens is 398 g/mol. The van der Waals surface area contributed by atoms with E-state index in [0.717, 1.165) is 30.5 Å². The molecule has 1 saturated heterocycles. The number of piperazine rings is 1. The van der Waals surface area contributed by atoms with Crippen LogP contribution >= 0.6 is 0 Å². The zero-order valence-corrected chi connectivity index (χ0v) is 18.2. The van der Waals surface area contributed by atoms with E-state index in [0.29, 0.717) is 31.1 Å². The highest BCUT2D eigenvalue weighted by atomic mass is 32.2. The Bertz CT molecular complexity index is 1010. The molecule has 30 heavy (non-hydrogen) atoms. The lowest BCUT2D eigenvalue weighted by molar-refractivity contribution is -0.117. The summed E-state index contributed by atoms with van der Waals surface area (Å²) in [6.07, 6.45) is 4.47. The number of aryl methyl sites for hydroxylation is 2. The van der Waals surface area contributed by atoms with Crippen molar-refractivity contribution in [2.75, 3.05) is 38.0 Å². The highest BCUT2D eigenvalue weighted by Crippen LogP contribution is 2.28. The van der Waals surface area contributed by atoms with Gasteiger partial charge in [0.15, 0.2) is 0 Å². The maximum Gasteiger partial charge on any atom is 0.243 e. The summed E-state index contributed by atoms with van der Waals surface area (Å²) in [5, 5.41) is 3.08. The van der Waals surface area contributed by atoms with Gasteiger partial charge in [-0.05, 0) is 61.9 Å². The van der Waals surface area contributed by atoms with Gasteiger partial charge in [0, 0.05) is 31.9 Å². The van der Waals surface area contributed by atoms with Crippen LogP contribution in [0.1, 0.15) is 29.5 Å².